The van der Waals surface area contributed by atoms with E-state index >= 15 is 0 Å². The summed E-state index contributed by atoms with van der Waals surface area (Å²) < 4.78 is 0. The van der Waals surface area contributed by atoms with Gasteiger partial charge in [-0.2, -0.15) is 0 Å². The number of rotatable bonds is 6. The molecule has 1 aliphatic rings. The minimum absolute atomic E-state index is 0.0849. The molecule has 1 saturated heterocycles. The molecular weight excluding hydrogens is 272 g/mol. The van der Waals surface area contributed by atoms with E-state index in [2.05, 4.69) is 55.7 Å². The molecule has 22 heavy (non-hydrogen) atoms. The van der Waals surface area contributed by atoms with Crippen LogP contribution in [-0.2, 0) is 4.79 Å². The van der Waals surface area contributed by atoms with Gasteiger partial charge < -0.3 is 10.6 Å². The van der Waals surface area contributed by atoms with Gasteiger partial charge >= 0.3 is 0 Å². The normalized spacial score (nSPS) is 17.5. The number of amides is 1. The molecule has 1 aliphatic heterocycles. The van der Waals surface area contributed by atoms with Crippen LogP contribution in [0.3, 0.4) is 0 Å². The van der Waals surface area contributed by atoms with Crippen molar-refractivity contribution in [3.63, 3.8) is 0 Å². The summed E-state index contributed by atoms with van der Waals surface area (Å²) in [7, 11) is 0. The molecule has 1 amide bonds. The van der Waals surface area contributed by atoms with Crippen molar-refractivity contribution in [3.8, 4) is 0 Å². The lowest BCUT2D eigenvalue weighted by molar-refractivity contribution is -0.122. The first kappa shape index (κ1) is 17.0. The van der Waals surface area contributed by atoms with Crippen molar-refractivity contribution in [1.82, 2.24) is 10.6 Å². The van der Waals surface area contributed by atoms with Crippen LogP contribution in [0.1, 0.15) is 69.5 Å². The van der Waals surface area contributed by atoms with E-state index in [0.717, 1.165) is 19.5 Å². The molecule has 122 valence electrons. The summed E-state index contributed by atoms with van der Waals surface area (Å²) in [4.78, 5) is 12.1. The third kappa shape index (κ3) is 5.13. The summed E-state index contributed by atoms with van der Waals surface area (Å²) in [5, 5.41) is 6.50. The van der Waals surface area contributed by atoms with Gasteiger partial charge in [-0.3, -0.25) is 4.79 Å². The smallest absolute Gasteiger partial charge is 0.220 e. The van der Waals surface area contributed by atoms with Crippen LogP contribution in [-0.4, -0.2) is 19.0 Å². The van der Waals surface area contributed by atoms with Gasteiger partial charge in [0.25, 0.3) is 0 Å². The lowest BCUT2D eigenvalue weighted by atomic mass is 9.93. The fourth-order valence-electron chi connectivity index (χ4n) is 3.07. The number of benzene rings is 1. The Labute approximate surface area is 134 Å². The van der Waals surface area contributed by atoms with Gasteiger partial charge in [0.1, 0.15) is 0 Å². The molecule has 1 heterocycles. The average Bonchev–Trinajstić information content (AvgIpc) is 2.54. The van der Waals surface area contributed by atoms with Gasteiger partial charge in [0.15, 0.2) is 0 Å². The van der Waals surface area contributed by atoms with Gasteiger partial charge in [0.2, 0.25) is 5.91 Å². The third-order valence-corrected chi connectivity index (χ3v) is 4.72. The predicted octanol–water partition coefficient (Wildman–Crippen LogP) is 3.77. The molecule has 0 radical (unpaired) electrons. The first-order chi connectivity index (χ1) is 10.6. The fourth-order valence-corrected chi connectivity index (χ4v) is 3.07. The highest BCUT2D eigenvalue weighted by molar-refractivity contribution is 5.76. The minimum Gasteiger partial charge on any atom is -0.350 e. The predicted molar refractivity (Wildman–Crippen MR) is 91.9 cm³/mol. The van der Waals surface area contributed by atoms with Crippen molar-refractivity contribution in [2.45, 2.75) is 58.4 Å². The highest BCUT2D eigenvalue weighted by Crippen LogP contribution is 2.20. The van der Waals surface area contributed by atoms with Crippen LogP contribution in [0.15, 0.2) is 24.3 Å². The van der Waals surface area contributed by atoms with Crippen LogP contribution in [0.5, 0.6) is 0 Å². The first-order valence-electron chi connectivity index (χ1n) is 8.66. The Hall–Kier alpha value is -1.35. The Morgan fingerprint density at radius 2 is 1.73 bits per heavy atom. The molecule has 1 unspecified atom stereocenters. The Morgan fingerprint density at radius 1 is 1.14 bits per heavy atom. The molecule has 0 saturated carbocycles. The first-order valence-corrected chi connectivity index (χ1v) is 8.66. The molecule has 1 atom stereocenters. The van der Waals surface area contributed by atoms with Gasteiger partial charge in [0.05, 0.1) is 6.04 Å². The van der Waals surface area contributed by atoms with E-state index in [1.54, 1.807) is 0 Å². The number of hydrogen-bond donors (Lipinski definition) is 2. The zero-order valence-electron chi connectivity index (χ0n) is 14.2. The molecule has 0 bridgehead atoms. The average molecular weight is 302 g/mol. The van der Waals surface area contributed by atoms with Crippen molar-refractivity contribution in [1.29, 1.82) is 0 Å². The van der Waals surface area contributed by atoms with Crippen molar-refractivity contribution in [2.75, 3.05) is 13.1 Å². The molecule has 2 N–H and O–H groups in total. The van der Waals surface area contributed by atoms with Crippen LogP contribution >= 0.6 is 0 Å². The van der Waals surface area contributed by atoms with Crippen LogP contribution in [0.2, 0.25) is 0 Å². The van der Waals surface area contributed by atoms with Gasteiger partial charge in [-0.1, -0.05) is 38.1 Å². The lowest BCUT2D eigenvalue weighted by Crippen LogP contribution is -2.30. The molecule has 3 heteroatoms. The quantitative estimate of drug-likeness (QED) is 0.840. The molecule has 0 aromatic heterocycles. The van der Waals surface area contributed by atoms with Gasteiger partial charge in [0, 0.05) is 6.42 Å². The van der Waals surface area contributed by atoms with Crippen molar-refractivity contribution in [3.05, 3.63) is 35.4 Å². The highest BCUT2D eigenvalue weighted by atomic mass is 16.1. The van der Waals surface area contributed by atoms with Crippen molar-refractivity contribution < 1.29 is 4.79 Å². The van der Waals surface area contributed by atoms with E-state index in [1.807, 2.05) is 0 Å². The second-order valence-electron chi connectivity index (χ2n) is 6.84. The molecule has 1 aromatic carbocycles. The van der Waals surface area contributed by atoms with Crippen molar-refractivity contribution in [2.24, 2.45) is 5.92 Å². The number of piperidine rings is 1. The van der Waals surface area contributed by atoms with Crippen LogP contribution in [0, 0.1) is 5.92 Å². The molecule has 1 aromatic rings. The number of carbonyl (C=O) groups excluding carboxylic acids is 1. The SMILES string of the molecule is CC(C)c1ccc(C(C)NC(=O)CCC2CCNCC2)cc1. The van der Waals surface area contributed by atoms with Gasteiger partial charge in [-0.15, -0.1) is 0 Å². The van der Waals surface area contributed by atoms with E-state index in [9.17, 15) is 4.79 Å². The second kappa shape index (κ2) is 8.33. The molecule has 0 spiro atoms. The minimum atomic E-state index is 0.0849. The molecule has 2 rings (SSSR count). The number of nitrogens with one attached hydrogen (secondary N) is 2. The molecule has 0 aliphatic carbocycles. The summed E-state index contributed by atoms with van der Waals surface area (Å²) in [5.41, 5.74) is 2.52. The Kier molecular flexibility index (Phi) is 6.44. The van der Waals surface area contributed by atoms with E-state index in [4.69, 9.17) is 0 Å². The zero-order valence-corrected chi connectivity index (χ0v) is 14.2. The fraction of sp³-hybridized carbons (Fsp3) is 0.632. The Morgan fingerprint density at radius 3 is 2.32 bits per heavy atom. The Bertz CT molecular complexity index is 461. The summed E-state index contributed by atoms with van der Waals surface area (Å²) in [6.07, 6.45) is 4.09. The molecule has 1 fully saturated rings. The second-order valence-corrected chi connectivity index (χ2v) is 6.84. The largest absolute Gasteiger partial charge is 0.350 e. The van der Waals surface area contributed by atoms with E-state index in [-0.39, 0.29) is 11.9 Å². The summed E-state index contributed by atoms with van der Waals surface area (Å²) in [5.74, 6) is 1.44. The maximum atomic E-state index is 12.1. The zero-order chi connectivity index (χ0) is 15.9. The lowest BCUT2D eigenvalue weighted by Gasteiger charge is -2.22. The van der Waals surface area contributed by atoms with E-state index < -0.39 is 0 Å². The Balaban J connectivity index is 1.77. The van der Waals surface area contributed by atoms with Gasteiger partial charge in [-0.05, 0) is 62.2 Å². The van der Waals surface area contributed by atoms with Crippen molar-refractivity contribution >= 4 is 5.91 Å². The number of hydrogen-bond acceptors (Lipinski definition) is 2. The summed E-state index contributed by atoms with van der Waals surface area (Å²) >= 11 is 0. The standard InChI is InChI=1S/C19H30N2O/c1-14(2)17-5-7-18(8-6-17)15(3)21-19(22)9-4-16-10-12-20-13-11-16/h5-8,14-16,20H,4,9-13H2,1-3H3,(H,21,22). The van der Waals surface area contributed by atoms with Crippen LogP contribution in [0.4, 0.5) is 0 Å². The summed E-state index contributed by atoms with van der Waals surface area (Å²) in [6, 6.07) is 8.68. The monoisotopic (exact) mass is 302 g/mol. The van der Waals surface area contributed by atoms with E-state index in [1.165, 1.54) is 24.0 Å². The number of carbonyl (C=O) groups is 1. The third-order valence-electron chi connectivity index (χ3n) is 4.72. The molecule has 3 nitrogen and oxygen atoms in total. The maximum absolute atomic E-state index is 12.1. The topological polar surface area (TPSA) is 41.1 Å². The van der Waals surface area contributed by atoms with Crippen LogP contribution < -0.4 is 10.6 Å². The van der Waals surface area contributed by atoms with Crippen LogP contribution in [0.25, 0.3) is 0 Å². The van der Waals surface area contributed by atoms with E-state index in [0.29, 0.717) is 18.3 Å². The summed E-state index contributed by atoms with van der Waals surface area (Å²) in [6.45, 7) is 8.66. The maximum Gasteiger partial charge on any atom is 0.220 e. The van der Waals surface area contributed by atoms with Gasteiger partial charge in [-0.25, -0.2) is 0 Å². The molecular formula is C19H30N2O. The highest BCUT2D eigenvalue weighted by Gasteiger charge is 2.15.